The lowest BCUT2D eigenvalue weighted by Gasteiger charge is -2.41. The van der Waals surface area contributed by atoms with E-state index in [0.29, 0.717) is 0 Å². The van der Waals surface area contributed by atoms with E-state index >= 15 is 0 Å². The third-order valence-electron chi connectivity index (χ3n) is 4.75. The Bertz CT molecular complexity index is 583. The van der Waals surface area contributed by atoms with Crippen LogP contribution in [0.3, 0.4) is 0 Å². The van der Waals surface area contributed by atoms with Crippen LogP contribution >= 0.6 is 0 Å². The Kier molecular flexibility index (Phi) is 4.72. The SMILES string of the molecule is COc1ccccc1CN1CC2CCC(C1)N2C(=O)OC(C)(C)C. The predicted molar refractivity (Wildman–Crippen MR) is 93.2 cm³/mol. The van der Waals surface area contributed by atoms with Crippen LogP contribution in [0.4, 0.5) is 4.79 Å². The first kappa shape index (κ1) is 17.1. The van der Waals surface area contributed by atoms with Crippen LogP contribution in [0, 0.1) is 0 Å². The van der Waals surface area contributed by atoms with E-state index in [-0.39, 0.29) is 18.2 Å². The zero-order valence-corrected chi connectivity index (χ0v) is 15.1. The molecule has 2 saturated heterocycles. The summed E-state index contributed by atoms with van der Waals surface area (Å²) in [5, 5.41) is 0. The number of likely N-dealkylation sites (tertiary alicyclic amines) is 1. The number of hydrogen-bond donors (Lipinski definition) is 0. The zero-order valence-electron chi connectivity index (χ0n) is 15.1. The van der Waals surface area contributed by atoms with Crippen LogP contribution < -0.4 is 4.74 Å². The van der Waals surface area contributed by atoms with Crippen molar-refractivity contribution in [1.82, 2.24) is 9.80 Å². The molecule has 0 N–H and O–H groups in total. The summed E-state index contributed by atoms with van der Waals surface area (Å²) < 4.78 is 11.1. The van der Waals surface area contributed by atoms with Gasteiger partial charge in [0.15, 0.2) is 0 Å². The molecule has 1 aromatic rings. The van der Waals surface area contributed by atoms with Gasteiger partial charge in [-0.3, -0.25) is 9.80 Å². The summed E-state index contributed by atoms with van der Waals surface area (Å²) in [6.45, 7) is 8.42. The van der Waals surface area contributed by atoms with Gasteiger partial charge in [0.2, 0.25) is 0 Å². The monoisotopic (exact) mass is 332 g/mol. The van der Waals surface area contributed by atoms with Crippen LogP contribution in [0.25, 0.3) is 0 Å². The zero-order chi connectivity index (χ0) is 17.3. The Morgan fingerprint density at radius 1 is 1.17 bits per heavy atom. The van der Waals surface area contributed by atoms with Crippen LogP contribution in [-0.4, -0.2) is 53.8 Å². The number of benzene rings is 1. The van der Waals surface area contributed by atoms with Crippen molar-refractivity contribution in [3.8, 4) is 5.75 Å². The highest BCUT2D eigenvalue weighted by Crippen LogP contribution is 2.33. The van der Waals surface area contributed by atoms with Crippen LogP contribution in [0.2, 0.25) is 0 Å². The van der Waals surface area contributed by atoms with E-state index in [1.807, 2.05) is 43.9 Å². The summed E-state index contributed by atoms with van der Waals surface area (Å²) >= 11 is 0. The molecule has 0 aliphatic carbocycles. The molecule has 2 atom stereocenters. The molecule has 1 amide bonds. The van der Waals surface area contributed by atoms with Gasteiger partial charge in [0.1, 0.15) is 11.4 Å². The normalized spacial score (nSPS) is 24.1. The standard InChI is InChI=1S/C19H28N2O3/c1-19(2,3)24-18(22)21-15-9-10-16(21)13-20(12-15)11-14-7-5-6-8-17(14)23-4/h5-8,15-16H,9-13H2,1-4H3. The van der Waals surface area contributed by atoms with Crippen molar-refractivity contribution in [3.05, 3.63) is 29.8 Å². The number of carbonyl (C=O) groups is 1. The summed E-state index contributed by atoms with van der Waals surface area (Å²) in [6, 6.07) is 8.67. The maximum Gasteiger partial charge on any atom is 0.410 e. The molecule has 2 unspecified atom stereocenters. The van der Waals surface area contributed by atoms with E-state index in [1.54, 1.807) is 7.11 Å². The molecule has 0 aromatic heterocycles. The number of fused-ring (bicyclic) bond motifs is 2. The second kappa shape index (κ2) is 6.63. The van der Waals surface area contributed by atoms with Gasteiger partial charge in [-0.1, -0.05) is 18.2 Å². The first-order valence-corrected chi connectivity index (χ1v) is 8.73. The minimum atomic E-state index is -0.439. The minimum Gasteiger partial charge on any atom is -0.496 e. The second-order valence-electron chi connectivity index (χ2n) is 7.78. The minimum absolute atomic E-state index is 0.160. The van der Waals surface area contributed by atoms with Crippen molar-refractivity contribution in [2.45, 2.75) is 57.8 Å². The number of methoxy groups -OCH3 is 1. The maximum atomic E-state index is 12.5. The lowest BCUT2D eigenvalue weighted by atomic mass is 10.1. The lowest BCUT2D eigenvalue weighted by molar-refractivity contribution is -0.00550. The van der Waals surface area contributed by atoms with Gasteiger partial charge in [-0.2, -0.15) is 0 Å². The molecule has 2 fully saturated rings. The van der Waals surface area contributed by atoms with E-state index in [1.165, 1.54) is 5.56 Å². The van der Waals surface area contributed by atoms with Crippen molar-refractivity contribution in [2.75, 3.05) is 20.2 Å². The molecular formula is C19H28N2O3. The summed E-state index contributed by atoms with van der Waals surface area (Å²) in [5.74, 6) is 0.930. The quantitative estimate of drug-likeness (QED) is 0.852. The average molecular weight is 332 g/mol. The van der Waals surface area contributed by atoms with Crippen molar-refractivity contribution in [3.63, 3.8) is 0 Å². The molecule has 2 bridgehead atoms. The summed E-state index contributed by atoms with van der Waals surface area (Å²) in [6.07, 6.45) is 1.96. The number of hydrogen-bond acceptors (Lipinski definition) is 4. The third-order valence-corrected chi connectivity index (χ3v) is 4.75. The van der Waals surface area contributed by atoms with Crippen LogP contribution in [0.5, 0.6) is 5.75 Å². The van der Waals surface area contributed by atoms with E-state index in [9.17, 15) is 4.79 Å². The molecule has 1 aromatic carbocycles. The molecule has 0 spiro atoms. The summed E-state index contributed by atoms with van der Waals surface area (Å²) in [7, 11) is 1.71. The van der Waals surface area contributed by atoms with Gasteiger partial charge in [0.05, 0.1) is 7.11 Å². The van der Waals surface area contributed by atoms with E-state index in [0.717, 1.165) is 38.2 Å². The van der Waals surface area contributed by atoms with Crippen molar-refractivity contribution in [1.29, 1.82) is 0 Å². The smallest absolute Gasteiger partial charge is 0.410 e. The second-order valence-corrected chi connectivity index (χ2v) is 7.78. The molecule has 24 heavy (non-hydrogen) atoms. The molecule has 0 saturated carbocycles. The predicted octanol–water partition coefficient (Wildman–Crippen LogP) is 3.28. The highest BCUT2D eigenvalue weighted by molar-refractivity contribution is 5.69. The molecular weight excluding hydrogens is 304 g/mol. The molecule has 2 heterocycles. The Labute approximate surface area is 144 Å². The Morgan fingerprint density at radius 3 is 2.38 bits per heavy atom. The molecule has 0 radical (unpaired) electrons. The Hall–Kier alpha value is -1.75. The fourth-order valence-electron chi connectivity index (χ4n) is 3.81. The van der Waals surface area contributed by atoms with Gasteiger partial charge in [0, 0.05) is 37.3 Å². The van der Waals surface area contributed by atoms with Crippen LogP contribution in [0.15, 0.2) is 24.3 Å². The number of amides is 1. The molecule has 2 aliphatic heterocycles. The van der Waals surface area contributed by atoms with Gasteiger partial charge in [0.25, 0.3) is 0 Å². The van der Waals surface area contributed by atoms with Crippen molar-refractivity contribution >= 4 is 6.09 Å². The third kappa shape index (κ3) is 3.66. The fraction of sp³-hybridized carbons (Fsp3) is 0.632. The van der Waals surface area contributed by atoms with Crippen LogP contribution in [0.1, 0.15) is 39.2 Å². The first-order valence-electron chi connectivity index (χ1n) is 8.73. The number of carbonyl (C=O) groups excluding carboxylic acids is 1. The van der Waals surface area contributed by atoms with E-state index in [2.05, 4.69) is 11.0 Å². The number of rotatable bonds is 3. The topological polar surface area (TPSA) is 42.0 Å². The van der Waals surface area contributed by atoms with Gasteiger partial charge in [-0.05, 0) is 39.7 Å². The van der Waals surface area contributed by atoms with E-state index in [4.69, 9.17) is 9.47 Å². The number of piperazine rings is 1. The molecule has 3 rings (SSSR count). The van der Waals surface area contributed by atoms with Gasteiger partial charge < -0.3 is 9.47 Å². The molecule has 5 nitrogen and oxygen atoms in total. The highest BCUT2D eigenvalue weighted by atomic mass is 16.6. The van der Waals surface area contributed by atoms with Crippen LogP contribution in [-0.2, 0) is 11.3 Å². The maximum absolute atomic E-state index is 12.5. The Morgan fingerprint density at radius 2 is 1.79 bits per heavy atom. The largest absolute Gasteiger partial charge is 0.496 e. The summed E-state index contributed by atoms with van der Waals surface area (Å²) in [4.78, 5) is 16.9. The Balaban J connectivity index is 1.66. The number of para-hydroxylation sites is 1. The number of ether oxygens (including phenoxy) is 2. The number of nitrogens with zero attached hydrogens (tertiary/aromatic N) is 2. The van der Waals surface area contributed by atoms with E-state index < -0.39 is 5.60 Å². The average Bonchev–Trinajstić information content (AvgIpc) is 2.78. The fourth-order valence-corrected chi connectivity index (χ4v) is 3.81. The molecule has 5 heteroatoms. The van der Waals surface area contributed by atoms with Crippen molar-refractivity contribution < 1.29 is 14.3 Å². The highest BCUT2D eigenvalue weighted by Gasteiger charge is 2.44. The summed E-state index contributed by atoms with van der Waals surface area (Å²) in [5.41, 5.74) is 0.760. The van der Waals surface area contributed by atoms with Gasteiger partial charge in [-0.15, -0.1) is 0 Å². The first-order chi connectivity index (χ1) is 11.4. The van der Waals surface area contributed by atoms with Gasteiger partial charge >= 0.3 is 6.09 Å². The van der Waals surface area contributed by atoms with Gasteiger partial charge in [-0.25, -0.2) is 4.79 Å². The van der Waals surface area contributed by atoms with Crippen molar-refractivity contribution in [2.24, 2.45) is 0 Å². The molecule has 132 valence electrons. The lowest BCUT2D eigenvalue weighted by Crippen LogP contribution is -2.56. The molecule has 2 aliphatic rings.